The monoisotopic (exact) mass is 480 g/mol. The lowest BCUT2D eigenvalue weighted by Crippen LogP contribution is -2.49. The van der Waals surface area contributed by atoms with Gasteiger partial charge < -0.3 is 10.6 Å². The van der Waals surface area contributed by atoms with E-state index in [9.17, 15) is 9.59 Å². The lowest BCUT2D eigenvalue weighted by atomic mass is 9.98. The van der Waals surface area contributed by atoms with Crippen molar-refractivity contribution >= 4 is 11.8 Å². The Morgan fingerprint density at radius 1 is 0.861 bits per heavy atom. The number of carbonyl (C=O) groups is 2. The van der Waals surface area contributed by atoms with Gasteiger partial charge in [0.05, 0.1) is 13.0 Å². The van der Waals surface area contributed by atoms with E-state index in [0.29, 0.717) is 6.54 Å². The van der Waals surface area contributed by atoms with Crippen LogP contribution in [-0.4, -0.2) is 27.6 Å². The van der Waals surface area contributed by atoms with Crippen LogP contribution < -0.4 is 10.6 Å². The van der Waals surface area contributed by atoms with Crippen molar-refractivity contribution < 1.29 is 9.59 Å². The van der Waals surface area contributed by atoms with Crippen molar-refractivity contribution in [3.63, 3.8) is 0 Å². The van der Waals surface area contributed by atoms with E-state index in [2.05, 4.69) is 46.1 Å². The molecule has 1 atom stereocenters. The maximum atomic E-state index is 13.1. The first-order valence-electron chi connectivity index (χ1n) is 12.3. The molecule has 0 saturated carbocycles. The number of carbonyl (C=O) groups excluding carboxylic acids is 2. The number of aromatic nitrogens is 2. The molecule has 1 aromatic heterocycles. The SMILES string of the molecule is CC(C)[C@@H](NC(=O)Cc1ccccc1)C(=O)NCc1ccccc1-c1ccc(Cn2cccn2)cc1. The van der Waals surface area contributed by atoms with Gasteiger partial charge in [0.15, 0.2) is 0 Å². The van der Waals surface area contributed by atoms with Crippen LogP contribution in [0.5, 0.6) is 0 Å². The molecule has 4 aromatic rings. The van der Waals surface area contributed by atoms with Crippen molar-refractivity contribution in [2.75, 3.05) is 0 Å². The zero-order valence-corrected chi connectivity index (χ0v) is 20.7. The molecule has 1 heterocycles. The van der Waals surface area contributed by atoms with Crippen molar-refractivity contribution in [3.8, 4) is 11.1 Å². The largest absolute Gasteiger partial charge is 0.350 e. The molecular weight excluding hydrogens is 448 g/mol. The van der Waals surface area contributed by atoms with Crippen LogP contribution in [0.2, 0.25) is 0 Å². The van der Waals surface area contributed by atoms with Crippen molar-refractivity contribution in [2.45, 2.75) is 39.4 Å². The van der Waals surface area contributed by atoms with Gasteiger partial charge in [-0.2, -0.15) is 5.10 Å². The average Bonchev–Trinajstić information content (AvgIpc) is 3.40. The zero-order chi connectivity index (χ0) is 25.3. The minimum Gasteiger partial charge on any atom is -0.350 e. The molecule has 36 heavy (non-hydrogen) atoms. The van der Waals surface area contributed by atoms with Crippen LogP contribution in [-0.2, 0) is 29.1 Å². The molecule has 0 aliphatic rings. The minimum atomic E-state index is -0.602. The van der Waals surface area contributed by atoms with Gasteiger partial charge in [0.2, 0.25) is 11.8 Å². The van der Waals surface area contributed by atoms with Crippen molar-refractivity contribution in [2.24, 2.45) is 5.92 Å². The Kier molecular flexibility index (Phi) is 8.29. The molecule has 0 aliphatic carbocycles. The standard InChI is InChI=1S/C30H32N4O2/c1-22(2)29(33-28(35)19-23-9-4-3-5-10-23)30(36)31-20-26-11-6-7-12-27(26)25-15-13-24(14-16-25)21-34-18-8-17-32-34/h3-18,22,29H,19-21H2,1-2H3,(H,31,36)(H,33,35)/t29-/m1/s1. The van der Waals surface area contributed by atoms with E-state index >= 15 is 0 Å². The Morgan fingerprint density at radius 2 is 1.58 bits per heavy atom. The maximum Gasteiger partial charge on any atom is 0.243 e. The van der Waals surface area contributed by atoms with Crippen LogP contribution in [0.4, 0.5) is 0 Å². The highest BCUT2D eigenvalue weighted by Crippen LogP contribution is 2.24. The summed E-state index contributed by atoms with van der Waals surface area (Å²) in [7, 11) is 0. The van der Waals surface area contributed by atoms with Crippen LogP contribution >= 0.6 is 0 Å². The fraction of sp³-hybridized carbons (Fsp3) is 0.233. The molecule has 6 nitrogen and oxygen atoms in total. The number of nitrogens with one attached hydrogen (secondary N) is 2. The van der Waals surface area contributed by atoms with Gasteiger partial charge in [-0.05, 0) is 39.8 Å². The quantitative estimate of drug-likeness (QED) is 0.348. The number of benzene rings is 3. The predicted octanol–water partition coefficient (Wildman–Crippen LogP) is 4.60. The molecule has 6 heteroatoms. The van der Waals surface area contributed by atoms with E-state index in [4.69, 9.17) is 0 Å². The Hall–Kier alpha value is -4.19. The van der Waals surface area contributed by atoms with E-state index in [1.807, 2.05) is 79.3 Å². The van der Waals surface area contributed by atoms with Gasteiger partial charge >= 0.3 is 0 Å². The molecule has 2 N–H and O–H groups in total. The smallest absolute Gasteiger partial charge is 0.243 e. The summed E-state index contributed by atoms with van der Waals surface area (Å²) in [4.78, 5) is 25.6. The molecule has 0 aliphatic heterocycles. The van der Waals surface area contributed by atoms with Gasteiger partial charge in [0, 0.05) is 18.9 Å². The molecule has 0 bridgehead atoms. The topological polar surface area (TPSA) is 76.0 Å². The van der Waals surface area contributed by atoms with Gasteiger partial charge in [-0.1, -0.05) is 92.7 Å². The molecular formula is C30H32N4O2. The summed E-state index contributed by atoms with van der Waals surface area (Å²) in [5, 5.41) is 10.2. The van der Waals surface area contributed by atoms with E-state index in [1.54, 1.807) is 6.20 Å². The molecule has 0 fully saturated rings. The van der Waals surface area contributed by atoms with E-state index in [-0.39, 0.29) is 24.2 Å². The summed E-state index contributed by atoms with van der Waals surface area (Å²) in [6.45, 7) is 4.97. The van der Waals surface area contributed by atoms with Gasteiger partial charge in [-0.25, -0.2) is 0 Å². The Bertz CT molecular complexity index is 1270. The minimum absolute atomic E-state index is 0.0395. The molecule has 0 radical (unpaired) electrons. The highest BCUT2D eigenvalue weighted by atomic mass is 16.2. The van der Waals surface area contributed by atoms with Crippen molar-refractivity contribution in [1.29, 1.82) is 0 Å². The number of nitrogens with zero attached hydrogens (tertiary/aromatic N) is 2. The third-order valence-electron chi connectivity index (χ3n) is 6.11. The van der Waals surface area contributed by atoms with Gasteiger partial charge in [0.25, 0.3) is 0 Å². The van der Waals surface area contributed by atoms with Crippen LogP contribution in [0.1, 0.15) is 30.5 Å². The van der Waals surface area contributed by atoms with Gasteiger partial charge in [-0.15, -0.1) is 0 Å². The molecule has 3 aromatic carbocycles. The Morgan fingerprint density at radius 3 is 2.28 bits per heavy atom. The summed E-state index contributed by atoms with van der Waals surface area (Å²) in [6, 6.07) is 27.3. The van der Waals surface area contributed by atoms with Crippen molar-refractivity contribution in [3.05, 3.63) is 114 Å². The summed E-state index contributed by atoms with van der Waals surface area (Å²) >= 11 is 0. The van der Waals surface area contributed by atoms with Crippen molar-refractivity contribution in [1.82, 2.24) is 20.4 Å². The molecule has 0 saturated heterocycles. The predicted molar refractivity (Wildman–Crippen MR) is 142 cm³/mol. The third kappa shape index (κ3) is 6.69. The van der Waals surface area contributed by atoms with Crippen LogP contribution in [0.3, 0.4) is 0 Å². The first-order valence-corrected chi connectivity index (χ1v) is 12.3. The van der Waals surface area contributed by atoms with Crippen LogP contribution in [0, 0.1) is 5.92 Å². The van der Waals surface area contributed by atoms with E-state index in [0.717, 1.165) is 28.8 Å². The highest BCUT2D eigenvalue weighted by molar-refractivity contribution is 5.88. The number of amides is 2. The Balaban J connectivity index is 1.39. The lowest BCUT2D eigenvalue weighted by molar-refractivity contribution is -0.129. The number of hydrogen-bond donors (Lipinski definition) is 2. The fourth-order valence-corrected chi connectivity index (χ4v) is 4.16. The summed E-state index contributed by atoms with van der Waals surface area (Å²) in [6.07, 6.45) is 3.97. The van der Waals surface area contributed by atoms with Gasteiger partial charge in [-0.3, -0.25) is 14.3 Å². The lowest BCUT2D eigenvalue weighted by Gasteiger charge is -2.22. The third-order valence-corrected chi connectivity index (χ3v) is 6.11. The summed E-state index contributed by atoms with van der Waals surface area (Å²) < 4.78 is 1.89. The zero-order valence-electron chi connectivity index (χ0n) is 20.7. The summed E-state index contributed by atoms with van der Waals surface area (Å²) in [5.41, 5.74) is 5.25. The average molecular weight is 481 g/mol. The fourth-order valence-electron chi connectivity index (χ4n) is 4.16. The van der Waals surface area contributed by atoms with E-state index in [1.165, 1.54) is 5.56 Å². The first-order chi connectivity index (χ1) is 17.5. The summed E-state index contributed by atoms with van der Waals surface area (Å²) in [5.74, 6) is -0.385. The second kappa shape index (κ2) is 12.0. The molecule has 2 amide bonds. The van der Waals surface area contributed by atoms with E-state index < -0.39 is 6.04 Å². The highest BCUT2D eigenvalue weighted by Gasteiger charge is 2.24. The normalized spacial score (nSPS) is 11.8. The number of rotatable bonds is 10. The maximum absolute atomic E-state index is 13.1. The Labute approximate surface area is 212 Å². The molecule has 0 unspecified atom stereocenters. The van der Waals surface area contributed by atoms with Gasteiger partial charge in [0.1, 0.15) is 6.04 Å². The second-order valence-electron chi connectivity index (χ2n) is 9.23. The number of hydrogen-bond acceptors (Lipinski definition) is 3. The van der Waals surface area contributed by atoms with Crippen LogP contribution in [0.25, 0.3) is 11.1 Å². The molecule has 4 rings (SSSR count). The molecule has 184 valence electrons. The first kappa shape index (κ1) is 24.9. The molecule has 0 spiro atoms. The van der Waals surface area contributed by atoms with Crippen LogP contribution in [0.15, 0.2) is 97.3 Å². The second-order valence-corrected chi connectivity index (χ2v) is 9.23.